The van der Waals surface area contributed by atoms with Gasteiger partial charge in [-0.15, -0.1) is 0 Å². The number of hydrogen-bond donors (Lipinski definition) is 1. The molecule has 3 amide bonds. The van der Waals surface area contributed by atoms with Crippen LogP contribution in [0, 0.1) is 5.82 Å². The van der Waals surface area contributed by atoms with Crippen molar-refractivity contribution in [2.24, 2.45) is 0 Å². The van der Waals surface area contributed by atoms with Gasteiger partial charge in [0.1, 0.15) is 16.8 Å². The van der Waals surface area contributed by atoms with Gasteiger partial charge < -0.3 is 10.2 Å². The zero-order valence-corrected chi connectivity index (χ0v) is 22.4. The molecule has 1 aliphatic carbocycles. The maximum atomic E-state index is 13.5. The van der Waals surface area contributed by atoms with Crippen molar-refractivity contribution in [3.05, 3.63) is 65.5 Å². The number of nitrogens with zero attached hydrogens (tertiary/aromatic N) is 2. The molecule has 1 saturated carbocycles. The quantitative estimate of drug-likeness (QED) is 0.488. The summed E-state index contributed by atoms with van der Waals surface area (Å²) in [5.74, 6) is -1.55. The fourth-order valence-electron chi connectivity index (χ4n) is 5.22. The third kappa shape index (κ3) is 6.06. The van der Waals surface area contributed by atoms with Crippen molar-refractivity contribution in [1.82, 2.24) is 14.5 Å². The van der Waals surface area contributed by atoms with Crippen molar-refractivity contribution in [3.8, 4) is 0 Å². The fourth-order valence-corrected chi connectivity index (χ4v) is 6.83. The first kappa shape index (κ1) is 27.8. The van der Waals surface area contributed by atoms with Crippen LogP contribution < -0.4 is 5.32 Å². The molecule has 204 valence electrons. The Morgan fingerprint density at radius 1 is 1.08 bits per heavy atom. The van der Waals surface area contributed by atoms with Crippen molar-refractivity contribution in [3.63, 3.8) is 0 Å². The van der Waals surface area contributed by atoms with E-state index in [9.17, 15) is 27.2 Å². The Kier molecular flexibility index (Phi) is 8.81. The van der Waals surface area contributed by atoms with Gasteiger partial charge in [-0.1, -0.05) is 50.5 Å². The lowest BCUT2D eigenvalue weighted by Crippen LogP contribution is -2.51. The smallest absolute Gasteiger partial charge is 0.269 e. The van der Waals surface area contributed by atoms with E-state index in [1.807, 2.05) is 6.92 Å². The first-order valence-electron chi connectivity index (χ1n) is 13.2. The molecule has 4 rings (SSSR count). The summed E-state index contributed by atoms with van der Waals surface area (Å²) in [6.07, 6.45) is 5.54. The number of carbonyl (C=O) groups excluding carboxylic acids is 3. The Labute approximate surface area is 223 Å². The summed E-state index contributed by atoms with van der Waals surface area (Å²) in [5.41, 5.74) is 0.804. The second-order valence-electron chi connectivity index (χ2n) is 9.90. The van der Waals surface area contributed by atoms with Crippen LogP contribution in [0.5, 0.6) is 0 Å². The van der Waals surface area contributed by atoms with Gasteiger partial charge in [-0.05, 0) is 55.5 Å². The maximum absolute atomic E-state index is 13.5. The molecular weight excluding hydrogens is 509 g/mol. The highest BCUT2D eigenvalue weighted by molar-refractivity contribution is 7.90. The van der Waals surface area contributed by atoms with Crippen LogP contribution in [0.1, 0.15) is 74.2 Å². The van der Waals surface area contributed by atoms with Crippen molar-refractivity contribution >= 4 is 27.7 Å². The number of hydrogen-bond acceptors (Lipinski definition) is 5. The molecule has 0 aromatic heterocycles. The molecule has 0 radical (unpaired) electrons. The van der Waals surface area contributed by atoms with Crippen LogP contribution in [0.3, 0.4) is 0 Å². The Bertz CT molecular complexity index is 1280. The molecule has 0 spiro atoms. The van der Waals surface area contributed by atoms with Crippen LogP contribution in [-0.4, -0.2) is 54.0 Å². The predicted molar refractivity (Wildman–Crippen MR) is 140 cm³/mol. The Hall–Kier alpha value is -3.27. The monoisotopic (exact) mass is 543 g/mol. The molecule has 2 aliphatic rings. The minimum absolute atomic E-state index is 0.0281. The normalized spacial score (nSPS) is 17.6. The zero-order chi connectivity index (χ0) is 27.3. The number of sulfonamides is 1. The molecule has 0 bridgehead atoms. The van der Waals surface area contributed by atoms with E-state index < -0.39 is 27.8 Å². The molecule has 10 heteroatoms. The third-order valence-corrected chi connectivity index (χ3v) is 9.11. The fraction of sp³-hybridized carbons (Fsp3) is 0.464. The number of halogens is 1. The van der Waals surface area contributed by atoms with Crippen LogP contribution in [0.15, 0.2) is 53.4 Å². The summed E-state index contributed by atoms with van der Waals surface area (Å²) in [7, 11) is -3.96. The van der Waals surface area contributed by atoms with Gasteiger partial charge in [0.15, 0.2) is 0 Å². The molecule has 2 aromatic rings. The first-order chi connectivity index (χ1) is 18.2. The van der Waals surface area contributed by atoms with E-state index in [0.717, 1.165) is 36.4 Å². The predicted octanol–water partition coefficient (Wildman–Crippen LogP) is 4.01. The highest BCUT2D eigenvalue weighted by Gasteiger charge is 2.40. The molecule has 8 nitrogen and oxygen atoms in total. The van der Waals surface area contributed by atoms with E-state index in [2.05, 4.69) is 5.32 Å². The van der Waals surface area contributed by atoms with E-state index in [1.165, 1.54) is 29.2 Å². The highest BCUT2D eigenvalue weighted by atomic mass is 32.2. The molecule has 2 aromatic carbocycles. The minimum atomic E-state index is -3.96. The maximum Gasteiger partial charge on any atom is 0.269 e. The average Bonchev–Trinajstić information content (AvgIpc) is 3.10. The second-order valence-corrected chi connectivity index (χ2v) is 11.7. The van der Waals surface area contributed by atoms with E-state index in [4.69, 9.17) is 0 Å². The summed E-state index contributed by atoms with van der Waals surface area (Å²) in [4.78, 5) is 40.9. The number of fused-ring (bicyclic) bond motifs is 1. The molecule has 1 fully saturated rings. The Balaban J connectivity index is 1.46. The van der Waals surface area contributed by atoms with Crippen molar-refractivity contribution in [2.75, 3.05) is 6.54 Å². The largest absolute Gasteiger partial charge is 0.352 e. The molecule has 1 unspecified atom stereocenters. The topological polar surface area (TPSA) is 104 Å². The summed E-state index contributed by atoms with van der Waals surface area (Å²) in [5, 5.41) is 3.10. The van der Waals surface area contributed by atoms with Gasteiger partial charge in [-0.3, -0.25) is 14.4 Å². The summed E-state index contributed by atoms with van der Waals surface area (Å²) in [6, 6.07) is 11.2. The lowest BCUT2D eigenvalue weighted by Gasteiger charge is -2.33. The Morgan fingerprint density at radius 3 is 2.42 bits per heavy atom. The van der Waals surface area contributed by atoms with Gasteiger partial charge >= 0.3 is 0 Å². The number of carbonyl (C=O) groups is 3. The van der Waals surface area contributed by atoms with Gasteiger partial charge in [0.05, 0.1) is 5.56 Å². The van der Waals surface area contributed by atoms with Crippen LogP contribution in [0.4, 0.5) is 4.39 Å². The summed E-state index contributed by atoms with van der Waals surface area (Å²) >= 11 is 0. The van der Waals surface area contributed by atoms with Gasteiger partial charge in [0, 0.05) is 25.6 Å². The van der Waals surface area contributed by atoms with Crippen LogP contribution in [-0.2, 0) is 26.2 Å². The van der Waals surface area contributed by atoms with E-state index in [-0.39, 0.29) is 54.2 Å². The molecule has 1 atom stereocenters. The van der Waals surface area contributed by atoms with E-state index in [1.54, 1.807) is 24.3 Å². The lowest BCUT2D eigenvalue weighted by atomic mass is 9.95. The molecule has 1 aliphatic heterocycles. The van der Waals surface area contributed by atoms with Crippen molar-refractivity contribution < 1.29 is 27.2 Å². The first-order valence-corrected chi connectivity index (χ1v) is 14.7. The molecular formula is C28H34FN3O5S. The molecule has 0 saturated heterocycles. The number of amides is 3. The average molecular weight is 544 g/mol. The molecule has 38 heavy (non-hydrogen) atoms. The lowest BCUT2D eigenvalue weighted by molar-refractivity contribution is -0.141. The summed E-state index contributed by atoms with van der Waals surface area (Å²) in [6.45, 7) is 1.81. The van der Waals surface area contributed by atoms with Crippen molar-refractivity contribution in [2.45, 2.75) is 81.8 Å². The number of benzene rings is 2. The minimum Gasteiger partial charge on any atom is -0.352 e. The van der Waals surface area contributed by atoms with Crippen molar-refractivity contribution in [1.29, 1.82) is 0 Å². The number of nitrogens with one attached hydrogen (secondary N) is 1. The highest BCUT2D eigenvalue weighted by Crippen LogP contribution is 2.30. The van der Waals surface area contributed by atoms with Crippen LogP contribution in [0.25, 0.3) is 0 Å². The molecule has 1 heterocycles. The second kappa shape index (κ2) is 12.1. The van der Waals surface area contributed by atoms with E-state index >= 15 is 0 Å². The van der Waals surface area contributed by atoms with Gasteiger partial charge in [0.2, 0.25) is 11.8 Å². The SMILES string of the molecule is CCC(C(=O)NC1CCCCC1)N(Cc1ccc(F)cc1)C(=O)CCCN1C(=O)c2ccccc2S1(=O)=O. The Morgan fingerprint density at radius 2 is 1.76 bits per heavy atom. The van der Waals surface area contributed by atoms with E-state index in [0.29, 0.717) is 12.0 Å². The van der Waals surface area contributed by atoms with Gasteiger partial charge in [0.25, 0.3) is 15.9 Å². The zero-order valence-electron chi connectivity index (χ0n) is 21.6. The number of rotatable bonds is 10. The van der Waals surface area contributed by atoms with Crippen LogP contribution >= 0.6 is 0 Å². The summed E-state index contributed by atoms with van der Waals surface area (Å²) < 4.78 is 39.9. The molecule has 1 N–H and O–H groups in total. The third-order valence-electron chi connectivity index (χ3n) is 7.27. The standard InChI is InChI=1S/C28H34FN3O5S/c1-2-24(27(34)30-22-9-4-3-5-10-22)31(19-20-14-16-21(29)17-15-20)26(33)13-8-18-32-28(35)23-11-6-7-12-25(23)38(32,36)37/h6-7,11-12,14-17,22,24H,2-5,8-10,13,18-19H2,1H3,(H,30,34). The van der Waals surface area contributed by atoms with Gasteiger partial charge in [-0.25, -0.2) is 17.1 Å². The van der Waals surface area contributed by atoms with Gasteiger partial charge in [-0.2, -0.15) is 0 Å². The van der Waals surface area contributed by atoms with Crippen LogP contribution in [0.2, 0.25) is 0 Å².